The molecular formula is C18H25N5. The first kappa shape index (κ1) is 16.8. The number of guanidine groups is 1. The van der Waals surface area contributed by atoms with Crippen molar-refractivity contribution in [3.8, 4) is 0 Å². The van der Waals surface area contributed by atoms with Gasteiger partial charge in [-0.1, -0.05) is 24.3 Å². The molecule has 0 atom stereocenters. The maximum Gasteiger partial charge on any atom is 0.191 e. The minimum absolute atomic E-state index is 0.594. The minimum atomic E-state index is 0.594. The molecule has 2 rings (SSSR count). The number of nitrogens with zero attached hydrogens (tertiary/aromatic N) is 3. The highest BCUT2D eigenvalue weighted by atomic mass is 15.2. The summed E-state index contributed by atoms with van der Waals surface area (Å²) in [6, 6.07) is 10.3. The number of hydrogen-bond donors (Lipinski definition) is 2. The van der Waals surface area contributed by atoms with Crippen LogP contribution in [0, 0.1) is 0 Å². The van der Waals surface area contributed by atoms with Gasteiger partial charge >= 0.3 is 0 Å². The Kier molecular flexibility index (Phi) is 5.97. The number of anilines is 1. The van der Waals surface area contributed by atoms with Gasteiger partial charge in [0.2, 0.25) is 0 Å². The molecule has 2 aromatic rings. The van der Waals surface area contributed by atoms with Crippen LogP contribution in [-0.2, 0) is 6.54 Å². The zero-order valence-electron chi connectivity index (χ0n) is 14.1. The summed E-state index contributed by atoms with van der Waals surface area (Å²) in [4.78, 5) is 11.4. The van der Waals surface area contributed by atoms with Crippen LogP contribution in [0.2, 0.25) is 0 Å². The third kappa shape index (κ3) is 4.45. The highest BCUT2D eigenvalue weighted by Crippen LogP contribution is 2.22. The fourth-order valence-electron chi connectivity index (χ4n) is 2.27. The van der Waals surface area contributed by atoms with Gasteiger partial charge in [0.05, 0.1) is 12.1 Å². The maximum atomic E-state index is 4.68. The summed E-state index contributed by atoms with van der Waals surface area (Å²) in [7, 11) is 4.00. The Morgan fingerprint density at radius 2 is 2.09 bits per heavy atom. The number of para-hydroxylation sites is 1. The van der Waals surface area contributed by atoms with Gasteiger partial charge in [0, 0.05) is 32.6 Å². The second kappa shape index (κ2) is 8.17. The molecule has 5 heteroatoms. The minimum Gasteiger partial charge on any atom is -0.363 e. The third-order valence-electron chi connectivity index (χ3n) is 3.41. The van der Waals surface area contributed by atoms with Crippen LogP contribution >= 0.6 is 0 Å². The van der Waals surface area contributed by atoms with Crippen LogP contribution in [0.3, 0.4) is 0 Å². The number of rotatable bonds is 6. The van der Waals surface area contributed by atoms with Crippen LogP contribution in [-0.4, -0.2) is 38.1 Å². The number of aliphatic imine (C=N–C) groups is 1. The first-order chi connectivity index (χ1) is 11.2. The lowest BCUT2D eigenvalue weighted by molar-refractivity contribution is 0.861. The van der Waals surface area contributed by atoms with E-state index in [-0.39, 0.29) is 0 Å². The van der Waals surface area contributed by atoms with Gasteiger partial charge in [0.1, 0.15) is 5.82 Å². The normalized spacial score (nSPS) is 11.3. The SMILES string of the molecule is C=CCNC(=NCc1cc(N(C)C)nc2ccccc12)NCC. The fourth-order valence-corrected chi connectivity index (χ4v) is 2.27. The van der Waals surface area contributed by atoms with Crippen molar-refractivity contribution in [2.45, 2.75) is 13.5 Å². The smallest absolute Gasteiger partial charge is 0.191 e. The van der Waals surface area contributed by atoms with Crippen molar-refractivity contribution >= 4 is 22.7 Å². The van der Waals surface area contributed by atoms with E-state index in [0.29, 0.717) is 13.1 Å². The molecule has 0 aliphatic heterocycles. The molecule has 0 bridgehead atoms. The maximum absolute atomic E-state index is 4.68. The fraction of sp³-hybridized carbons (Fsp3) is 0.333. The second-order valence-electron chi connectivity index (χ2n) is 5.42. The Labute approximate surface area is 138 Å². The van der Waals surface area contributed by atoms with Crippen molar-refractivity contribution in [3.05, 3.63) is 48.6 Å². The number of fused-ring (bicyclic) bond motifs is 1. The van der Waals surface area contributed by atoms with E-state index in [2.05, 4.69) is 46.2 Å². The van der Waals surface area contributed by atoms with Crippen molar-refractivity contribution in [2.24, 2.45) is 4.99 Å². The van der Waals surface area contributed by atoms with Crippen LogP contribution < -0.4 is 15.5 Å². The van der Waals surface area contributed by atoms with Crippen molar-refractivity contribution in [2.75, 3.05) is 32.1 Å². The van der Waals surface area contributed by atoms with Crippen LogP contribution in [0.4, 0.5) is 5.82 Å². The summed E-state index contributed by atoms with van der Waals surface area (Å²) in [5, 5.41) is 7.60. The van der Waals surface area contributed by atoms with Gasteiger partial charge < -0.3 is 15.5 Å². The van der Waals surface area contributed by atoms with E-state index < -0.39 is 0 Å². The van der Waals surface area contributed by atoms with Gasteiger partial charge in [-0.2, -0.15) is 0 Å². The van der Waals surface area contributed by atoms with Gasteiger partial charge in [0.25, 0.3) is 0 Å². The lowest BCUT2D eigenvalue weighted by Gasteiger charge is -2.15. The highest BCUT2D eigenvalue weighted by molar-refractivity contribution is 5.85. The largest absolute Gasteiger partial charge is 0.363 e. The van der Waals surface area contributed by atoms with E-state index >= 15 is 0 Å². The molecule has 0 fully saturated rings. The number of hydrogen-bond acceptors (Lipinski definition) is 3. The van der Waals surface area contributed by atoms with E-state index in [1.165, 1.54) is 0 Å². The Balaban J connectivity index is 2.35. The van der Waals surface area contributed by atoms with Gasteiger partial charge in [-0.15, -0.1) is 6.58 Å². The zero-order chi connectivity index (χ0) is 16.7. The number of benzene rings is 1. The average Bonchev–Trinajstić information content (AvgIpc) is 2.56. The van der Waals surface area contributed by atoms with Crippen molar-refractivity contribution in [1.82, 2.24) is 15.6 Å². The molecule has 1 heterocycles. The van der Waals surface area contributed by atoms with Crippen LogP contribution in [0.5, 0.6) is 0 Å². The van der Waals surface area contributed by atoms with E-state index in [9.17, 15) is 0 Å². The molecular weight excluding hydrogens is 286 g/mol. The van der Waals surface area contributed by atoms with E-state index in [1.807, 2.05) is 43.3 Å². The molecule has 1 aromatic carbocycles. The molecule has 0 aliphatic carbocycles. The van der Waals surface area contributed by atoms with Crippen LogP contribution in [0.25, 0.3) is 10.9 Å². The predicted octanol–water partition coefficient (Wildman–Crippen LogP) is 2.54. The lowest BCUT2D eigenvalue weighted by Crippen LogP contribution is -2.37. The molecule has 5 nitrogen and oxygen atoms in total. The quantitative estimate of drug-likeness (QED) is 0.489. The first-order valence-corrected chi connectivity index (χ1v) is 7.84. The topological polar surface area (TPSA) is 52.6 Å². The Hall–Kier alpha value is -2.56. The molecule has 0 radical (unpaired) electrons. The first-order valence-electron chi connectivity index (χ1n) is 7.84. The molecule has 0 aliphatic rings. The van der Waals surface area contributed by atoms with Crippen molar-refractivity contribution in [1.29, 1.82) is 0 Å². The van der Waals surface area contributed by atoms with Gasteiger partial charge in [-0.25, -0.2) is 9.98 Å². The predicted molar refractivity (Wildman–Crippen MR) is 99.1 cm³/mol. The number of pyridine rings is 1. The standard InChI is InChI=1S/C18H25N5/c1-5-11-20-18(19-6-2)21-13-14-12-17(23(3)4)22-16-10-8-7-9-15(14)16/h5,7-10,12H,1,6,11,13H2,2-4H3,(H2,19,20,21). The second-order valence-corrected chi connectivity index (χ2v) is 5.42. The average molecular weight is 311 g/mol. The van der Waals surface area contributed by atoms with E-state index in [1.54, 1.807) is 0 Å². The monoisotopic (exact) mass is 311 g/mol. The number of aromatic nitrogens is 1. The van der Waals surface area contributed by atoms with Crippen LogP contribution in [0.15, 0.2) is 48.0 Å². The third-order valence-corrected chi connectivity index (χ3v) is 3.41. The van der Waals surface area contributed by atoms with Crippen molar-refractivity contribution in [3.63, 3.8) is 0 Å². The van der Waals surface area contributed by atoms with E-state index in [0.717, 1.165) is 34.8 Å². The van der Waals surface area contributed by atoms with Crippen LogP contribution in [0.1, 0.15) is 12.5 Å². The van der Waals surface area contributed by atoms with Gasteiger partial charge in [-0.05, 0) is 24.6 Å². The molecule has 0 saturated heterocycles. The summed E-state index contributed by atoms with van der Waals surface area (Å²) in [5.41, 5.74) is 2.16. The zero-order valence-corrected chi connectivity index (χ0v) is 14.1. The number of nitrogens with one attached hydrogen (secondary N) is 2. The van der Waals surface area contributed by atoms with Gasteiger partial charge in [-0.3, -0.25) is 0 Å². The molecule has 23 heavy (non-hydrogen) atoms. The summed E-state index contributed by atoms with van der Waals surface area (Å²) >= 11 is 0. The molecule has 2 N–H and O–H groups in total. The molecule has 0 saturated carbocycles. The van der Waals surface area contributed by atoms with E-state index in [4.69, 9.17) is 0 Å². The molecule has 0 unspecified atom stereocenters. The Bertz CT molecular complexity index is 691. The summed E-state index contributed by atoms with van der Waals surface area (Å²) in [5.74, 6) is 1.73. The van der Waals surface area contributed by atoms with Gasteiger partial charge in [0.15, 0.2) is 5.96 Å². The van der Waals surface area contributed by atoms with Crippen molar-refractivity contribution < 1.29 is 0 Å². The summed E-state index contributed by atoms with van der Waals surface area (Å²) < 4.78 is 0. The molecule has 0 amide bonds. The molecule has 122 valence electrons. The lowest BCUT2D eigenvalue weighted by atomic mass is 10.1. The summed E-state index contributed by atoms with van der Waals surface area (Å²) in [6.07, 6.45) is 1.82. The Morgan fingerprint density at radius 3 is 2.78 bits per heavy atom. The Morgan fingerprint density at radius 1 is 1.30 bits per heavy atom. The highest BCUT2D eigenvalue weighted by Gasteiger charge is 2.07. The summed E-state index contributed by atoms with van der Waals surface area (Å²) in [6.45, 7) is 7.88. The molecule has 1 aromatic heterocycles. The molecule has 0 spiro atoms.